The number of fused-ring (bicyclic) bond motifs is 1. The van der Waals surface area contributed by atoms with Crippen LogP contribution in [0.3, 0.4) is 0 Å². The van der Waals surface area contributed by atoms with E-state index in [-0.39, 0.29) is 0 Å². The van der Waals surface area contributed by atoms with Crippen molar-refractivity contribution in [2.45, 2.75) is 39.4 Å². The third-order valence-electron chi connectivity index (χ3n) is 3.15. The summed E-state index contributed by atoms with van der Waals surface area (Å²) in [6.07, 6.45) is 0. The molecule has 1 aromatic heterocycles. The van der Waals surface area contributed by atoms with Crippen molar-refractivity contribution in [2.24, 2.45) is 7.05 Å². The van der Waals surface area contributed by atoms with E-state index in [0.29, 0.717) is 17.9 Å². The van der Waals surface area contributed by atoms with E-state index in [1.54, 1.807) is 0 Å². The molecule has 1 aromatic rings. The van der Waals surface area contributed by atoms with E-state index in [4.69, 9.17) is 5.73 Å². The average Bonchev–Trinajstić information content (AvgIpc) is 2.54. The van der Waals surface area contributed by atoms with Crippen LogP contribution in [0.4, 0.5) is 5.82 Å². The van der Waals surface area contributed by atoms with Crippen LogP contribution < -0.4 is 5.73 Å². The Kier molecular flexibility index (Phi) is 2.03. The SMILES string of the molecule is CC(C)N1Cc2c(c(N)nn2C)C1C. The molecule has 0 bridgehead atoms. The van der Waals surface area contributed by atoms with Gasteiger partial charge in [0.05, 0.1) is 5.69 Å². The van der Waals surface area contributed by atoms with Gasteiger partial charge in [-0.3, -0.25) is 9.58 Å². The van der Waals surface area contributed by atoms with Crippen molar-refractivity contribution in [1.82, 2.24) is 14.7 Å². The van der Waals surface area contributed by atoms with Crippen molar-refractivity contribution in [3.05, 3.63) is 11.3 Å². The monoisotopic (exact) mass is 194 g/mol. The highest BCUT2D eigenvalue weighted by atomic mass is 15.3. The van der Waals surface area contributed by atoms with Gasteiger partial charge < -0.3 is 5.73 Å². The van der Waals surface area contributed by atoms with Crippen molar-refractivity contribution in [1.29, 1.82) is 0 Å². The second kappa shape index (κ2) is 2.98. The van der Waals surface area contributed by atoms with Gasteiger partial charge in [0, 0.05) is 31.2 Å². The molecule has 0 aromatic carbocycles. The molecule has 4 heteroatoms. The molecule has 0 amide bonds. The van der Waals surface area contributed by atoms with E-state index < -0.39 is 0 Å². The number of nitrogen functional groups attached to an aromatic ring is 1. The number of nitrogens with zero attached hydrogens (tertiary/aromatic N) is 3. The fraction of sp³-hybridized carbons (Fsp3) is 0.700. The second-order valence-electron chi connectivity index (χ2n) is 4.31. The first kappa shape index (κ1) is 9.52. The van der Waals surface area contributed by atoms with E-state index in [9.17, 15) is 0 Å². The van der Waals surface area contributed by atoms with E-state index >= 15 is 0 Å². The maximum absolute atomic E-state index is 5.89. The van der Waals surface area contributed by atoms with Crippen LogP contribution in [0, 0.1) is 0 Å². The molecule has 4 nitrogen and oxygen atoms in total. The van der Waals surface area contributed by atoms with Crippen LogP contribution in [0.5, 0.6) is 0 Å². The van der Waals surface area contributed by atoms with Gasteiger partial charge in [-0.1, -0.05) is 0 Å². The highest BCUT2D eigenvalue weighted by molar-refractivity contribution is 5.47. The molecule has 1 atom stereocenters. The summed E-state index contributed by atoms with van der Waals surface area (Å²) in [6, 6.07) is 0.954. The largest absolute Gasteiger partial charge is 0.382 e. The maximum atomic E-state index is 5.89. The topological polar surface area (TPSA) is 47.1 Å². The minimum absolute atomic E-state index is 0.402. The molecule has 2 heterocycles. The summed E-state index contributed by atoms with van der Waals surface area (Å²) in [5.41, 5.74) is 8.38. The summed E-state index contributed by atoms with van der Waals surface area (Å²) in [5, 5.41) is 4.24. The predicted octanol–water partition coefficient (Wildman–Crippen LogP) is 1.29. The average molecular weight is 194 g/mol. The molecule has 0 spiro atoms. The molecular formula is C10H18N4. The standard InChI is InChI=1S/C10H18N4/c1-6(2)14-5-8-9(7(14)3)10(11)12-13(8)4/h6-7H,5H2,1-4H3,(H2,11,12). The zero-order valence-electron chi connectivity index (χ0n) is 9.28. The van der Waals surface area contributed by atoms with Gasteiger partial charge in [-0.2, -0.15) is 5.10 Å². The van der Waals surface area contributed by atoms with Crippen LogP contribution in [-0.4, -0.2) is 20.7 Å². The van der Waals surface area contributed by atoms with E-state index in [1.807, 2.05) is 11.7 Å². The molecule has 0 radical (unpaired) electrons. The number of hydrogen-bond donors (Lipinski definition) is 1. The lowest BCUT2D eigenvalue weighted by Crippen LogP contribution is -2.28. The Morgan fingerprint density at radius 3 is 2.64 bits per heavy atom. The third kappa shape index (κ3) is 1.14. The van der Waals surface area contributed by atoms with Gasteiger partial charge in [-0.25, -0.2) is 0 Å². The smallest absolute Gasteiger partial charge is 0.150 e. The Morgan fingerprint density at radius 2 is 2.14 bits per heavy atom. The minimum atomic E-state index is 0.402. The van der Waals surface area contributed by atoms with Crippen LogP contribution in [0.25, 0.3) is 0 Å². The Balaban J connectivity index is 2.41. The zero-order chi connectivity index (χ0) is 10.5. The molecule has 1 aliphatic rings. The van der Waals surface area contributed by atoms with Gasteiger partial charge >= 0.3 is 0 Å². The lowest BCUT2D eigenvalue weighted by molar-refractivity contribution is 0.176. The van der Waals surface area contributed by atoms with Gasteiger partial charge in [-0.15, -0.1) is 0 Å². The van der Waals surface area contributed by atoms with Crippen LogP contribution in [-0.2, 0) is 13.6 Å². The van der Waals surface area contributed by atoms with Crippen molar-refractivity contribution >= 4 is 5.82 Å². The molecule has 2 rings (SSSR count). The predicted molar refractivity (Wildman–Crippen MR) is 56.7 cm³/mol. The van der Waals surface area contributed by atoms with E-state index in [0.717, 1.165) is 6.54 Å². The van der Waals surface area contributed by atoms with E-state index in [2.05, 4.69) is 30.8 Å². The summed E-state index contributed by atoms with van der Waals surface area (Å²) in [6.45, 7) is 7.59. The summed E-state index contributed by atoms with van der Waals surface area (Å²) >= 11 is 0. The first-order valence-corrected chi connectivity index (χ1v) is 5.09. The molecule has 0 fully saturated rings. The van der Waals surface area contributed by atoms with Crippen LogP contribution in [0.2, 0.25) is 0 Å². The normalized spacial score (nSPS) is 21.9. The maximum Gasteiger partial charge on any atom is 0.150 e. The van der Waals surface area contributed by atoms with Gasteiger partial charge in [0.25, 0.3) is 0 Å². The van der Waals surface area contributed by atoms with Gasteiger partial charge in [0.2, 0.25) is 0 Å². The number of aromatic nitrogens is 2. The molecule has 0 aliphatic carbocycles. The summed E-state index contributed by atoms with van der Waals surface area (Å²) in [4.78, 5) is 2.43. The summed E-state index contributed by atoms with van der Waals surface area (Å²) in [5.74, 6) is 0.693. The molecule has 1 aliphatic heterocycles. The lowest BCUT2D eigenvalue weighted by atomic mass is 10.1. The number of aryl methyl sites for hydroxylation is 1. The zero-order valence-corrected chi connectivity index (χ0v) is 9.28. The van der Waals surface area contributed by atoms with Crippen LogP contribution in [0.15, 0.2) is 0 Å². The van der Waals surface area contributed by atoms with E-state index in [1.165, 1.54) is 11.3 Å². The van der Waals surface area contributed by atoms with Gasteiger partial charge in [-0.05, 0) is 20.8 Å². The van der Waals surface area contributed by atoms with Crippen molar-refractivity contribution < 1.29 is 0 Å². The molecule has 78 valence electrons. The second-order valence-corrected chi connectivity index (χ2v) is 4.31. The van der Waals surface area contributed by atoms with Gasteiger partial charge in [0.15, 0.2) is 5.82 Å². The third-order valence-corrected chi connectivity index (χ3v) is 3.15. The fourth-order valence-corrected chi connectivity index (χ4v) is 2.35. The number of hydrogen-bond acceptors (Lipinski definition) is 3. The highest BCUT2D eigenvalue weighted by Crippen LogP contribution is 2.37. The minimum Gasteiger partial charge on any atom is -0.382 e. The summed E-state index contributed by atoms with van der Waals surface area (Å²) in [7, 11) is 1.96. The molecule has 0 saturated carbocycles. The van der Waals surface area contributed by atoms with Crippen LogP contribution >= 0.6 is 0 Å². The Morgan fingerprint density at radius 1 is 1.50 bits per heavy atom. The van der Waals surface area contributed by atoms with Crippen LogP contribution in [0.1, 0.15) is 38.1 Å². The Labute approximate surface area is 84.7 Å². The van der Waals surface area contributed by atoms with Crippen molar-refractivity contribution in [3.8, 4) is 0 Å². The van der Waals surface area contributed by atoms with Gasteiger partial charge in [0.1, 0.15) is 0 Å². The molecule has 0 saturated heterocycles. The first-order valence-electron chi connectivity index (χ1n) is 5.09. The Bertz CT molecular complexity index is 353. The Hall–Kier alpha value is -1.03. The summed E-state index contributed by atoms with van der Waals surface area (Å²) < 4.78 is 1.91. The molecule has 14 heavy (non-hydrogen) atoms. The van der Waals surface area contributed by atoms with Crippen molar-refractivity contribution in [3.63, 3.8) is 0 Å². The molecule has 2 N–H and O–H groups in total. The molecule has 1 unspecified atom stereocenters. The fourth-order valence-electron chi connectivity index (χ4n) is 2.35. The highest BCUT2D eigenvalue weighted by Gasteiger charge is 2.33. The lowest BCUT2D eigenvalue weighted by Gasteiger charge is -2.25. The first-order chi connectivity index (χ1) is 6.52. The molecular weight excluding hydrogens is 176 g/mol. The number of rotatable bonds is 1. The van der Waals surface area contributed by atoms with Crippen molar-refractivity contribution in [2.75, 3.05) is 5.73 Å². The number of anilines is 1. The number of nitrogens with two attached hydrogens (primary N) is 1. The quantitative estimate of drug-likeness (QED) is 0.732.